The maximum atomic E-state index is 4.55. The molecule has 112 valence electrons. The van der Waals surface area contributed by atoms with Gasteiger partial charge in [0.1, 0.15) is 6.33 Å². The molecule has 0 radical (unpaired) electrons. The van der Waals surface area contributed by atoms with Crippen molar-refractivity contribution in [2.45, 2.75) is 36.5 Å². The Bertz CT molecular complexity index is 567. The van der Waals surface area contributed by atoms with Crippen LogP contribution in [0, 0.1) is 0 Å². The van der Waals surface area contributed by atoms with Crippen molar-refractivity contribution >= 4 is 23.7 Å². The van der Waals surface area contributed by atoms with Gasteiger partial charge in [0.05, 0.1) is 0 Å². The van der Waals surface area contributed by atoms with Crippen LogP contribution in [-0.4, -0.2) is 49.8 Å². The van der Waals surface area contributed by atoms with Crippen molar-refractivity contribution in [3.8, 4) is 0 Å². The lowest BCUT2D eigenvalue weighted by Crippen LogP contribution is -2.31. The Morgan fingerprint density at radius 2 is 2.10 bits per heavy atom. The molecular formula is C12H18N8S. The molecule has 2 N–H and O–H groups in total. The van der Waals surface area contributed by atoms with Crippen LogP contribution in [0.25, 0.3) is 0 Å². The molecule has 9 heteroatoms. The molecule has 0 spiro atoms. The van der Waals surface area contributed by atoms with Crippen LogP contribution in [0.1, 0.15) is 26.2 Å². The number of rotatable bonds is 5. The van der Waals surface area contributed by atoms with Gasteiger partial charge in [-0.15, -0.1) is 0 Å². The van der Waals surface area contributed by atoms with Gasteiger partial charge in [0, 0.05) is 19.6 Å². The number of piperidine rings is 1. The second kappa shape index (κ2) is 6.70. The van der Waals surface area contributed by atoms with Crippen LogP contribution in [0.2, 0.25) is 0 Å². The fourth-order valence-corrected chi connectivity index (χ4v) is 2.82. The molecule has 2 aromatic heterocycles. The molecule has 0 amide bonds. The molecule has 0 aliphatic carbocycles. The Morgan fingerprint density at radius 3 is 2.81 bits per heavy atom. The Labute approximate surface area is 127 Å². The standard InChI is InChI=1S/C12H18N8S/c1-2-13-9-16-10(20-6-4-3-5-7-20)18-12(17-9)21-11-14-8-15-19-11/h8H,2-7H2,1H3,(H,14,15,19)(H,13,16,17,18). The quantitative estimate of drug-likeness (QED) is 0.859. The molecule has 1 aliphatic rings. The largest absolute Gasteiger partial charge is 0.354 e. The number of aromatic amines is 1. The maximum Gasteiger partial charge on any atom is 0.231 e. The average Bonchev–Trinajstić information content (AvgIpc) is 3.01. The third-order valence-electron chi connectivity index (χ3n) is 3.16. The molecule has 0 aromatic carbocycles. The van der Waals surface area contributed by atoms with Crippen molar-refractivity contribution in [3.05, 3.63) is 6.33 Å². The summed E-state index contributed by atoms with van der Waals surface area (Å²) in [5, 5.41) is 11.1. The Kier molecular flexibility index (Phi) is 4.49. The van der Waals surface area contributed by atoms with E-state index in [-0.39, 0.29) is 0 Å². The molecule has 0 saturated carbocycles. The monoisotopic (exact) mass is 306 g/mol. The molecule has 2 aromatic rings. The normalized spacial score (nSPS) is 15.2. The van der Waals surface area contributed by atoms with Gasteiger partial charge in [0.15, 0.2) is 5.16 Å². The van der Waals surface area contributed by atoms with Crippen LogP contribution in [0.5, 0.6) is 0 Å². The molecule has 0 bridgehead atoms. The van der Waals surface area contributed by atoms with E-state index in [4.69, 9.17) is 0 Å². The predicted octanol–water partition coefficient (Wildman–Crippen LogP) is 1.56. The number of nitrogens with zero attached hydrogens (tertiary/aromatic N) is 6. The van der Waals surface area contributed by atoms with Gasteiger partial charge in [-0.3, -0.25) is 5.10 Å². The van der Waals surface area contributed by atoms with E-state index in [1.807, 2.05) is 6.92 Å². The van der Waals surface area contributed by atoms with Gasteiger partial charge < -0.3 is 10.2 Å². The number of anilines is 2. The van der Waals surface area contributed by atoms with E-state index in [9.17, 15) is 0 Å². The first-order valence-corrected chi connectivity index (χ1v) is 7.95. The van der Waals surface area contributed by atoms with Crippen molar-refractivity contribution in [3.63, 3.8) is 0 Å². The lowest BCUT2D eigenvalue weighted by atomic mass is 10.1. The smallest absolute Gasteiger partial charge is 0.231 e. The van der Waals surface area contributed by atoms with Crippen LogP contribution in [0.15, 0.2) is 16.6 Å². The van der Waals surface area contributed by atoms with Gasteiger partial charge >= 0.3 is 0 Å². The zero-order valence-electron chi connectivity index (χ0n) is 11.9. The van der Waals surface area contributed by atoms with Crippen LogP contribution in [0.3, 0.4) is 0 Å². The van der Waals surface area contributed by atoms with E-state index in [2.05, 4.69) is 40.3 Å². The summed E-state index contributed by atoms with van der Waals surface area (Å²) in [6.07, 6.45) is 5.13. The molecule has 8 nitrogen and oxygen atoms in total. The molecule has 0 atom stereocenters. The summed E-state index contributed by atoms with van der Waals surface area (Å²) in [5.41, 5.74) is 0. The second-order valence-corrected chi connectivity index (χ2v) is 5.67. The molecule has 3 heterocycles. The van der Waals surface area contributed by atoms with Gasteiger partial charge in [-0.25, -0.2) is 4.98 Å². The minimum absolute atomic E-state index is 0.607. The lowest BCUT2D eigenvalue weighted by molar-refractivity contribution is 0.565. The van der Waals surface area contributed by atoms with Gasteiger partial charge in [-0.1, -0.05) is 0 Å². The van der Waals surface area contributed by atoms with Crippen LogP contribution >= 0.6 is 11.8 Å². The van der Waals surface area contributed by atoms with Gasteiger partial charge in [-0.2, -0.15) is 20.1 Å². The molecule has 0 unspecified atom stereocenters. The minimum atomic E-state index is 0.607. The summed E-state index contributed by atoms with van der Waals surface area (Å²) in [5.74, 6) is 1.35. The number of aromatic nitrogens is 6. The van der Waals surface area contributed by atoms with Crippen molar-refractivity contribution < 1.29 is 0 Å². The van der Waals surface area contributed by atoms with Crippen LogP contribution in [-0.2, 0) is 0 Å². The SMILES string of the molecule is CCNc1nc(Sc2ncn[nH]2)nc(N2CCCCC2)n1. The summed E-state index contributed by atoms with van der Waals surface area (Å²) in [6, 6.07) is 0. The summed E-state index contributed by atoms with van der Waals surface area (Å²) in [6.45, 7) is 4.80. The van der Waals surface area contributed by atoms with E-state index in [0.29, 0.717) is 16.3 Å². The summed E-state index contributed by atoms with van der Waals surface area (Å²) < 4.78 is 0. The topological polar surface area (TPSA) is 95.5 Å². The summed E-state index contributed by atoms with van der Waals surface area (Å²) in [7, 11) is 0. The van der Waals surface area contributed by atoms with Crippen molar-refractivity contribution in [2.24, 2.45) is 0 Å². The van der Waals surface area contributed by atoms with E-state index in [1.54, 1.807) is 0 Å². The van der Waals surface area contributed by atoms with Crippen molar-refractivity contribution in [1.82, 2.24) is 30.1 Å². The molecule has 21 heavy (non-hydrogen) atoms. The summed E-state index contributed by atoms with van der Waals surface area (Å²) >= 11 is 1.35. The highest BCUT2D eigenvalue weighted by molar-refractivity contribution is 7.99. The summed E-state index contributed by atoms with van der Waals surface area (Å²) in [4.78, 5) is 19.8. The Balaban J connectivity index is 1.85. The maximum absolute atomic E-state index is 4.55. The third kappa shape index (κ3) is 3.60. The Morgan fingerprint density at radius 1 is 1.24 bits per heavy atom. The highest BCUT2D eigenvalue weighted by Crippen LogP contribution is 2.24. The molecule has 1 aliphatic heterocycles. The third-order valence-corrected chi connectivity index (χ3v) is 3.91. The molecule has 1 fully saturated rings. The van der Waals surface area contributed by atoms with Gasteiger partial charge in [0.25, 0.3) is 0 Å². The van der Waals surface area contributed by atoms with E-state index < -0.39 is 0 Å². The molecule has 1 saturated heterocycles. The second-order valence-electron chi connectivity index (χ2n) is 4.71. The fraction of sp³-hybridized carbons (Fsp3) is 0.583. The first-order chi connectivity index (χ1) is 10.3. The van der Waals surface area contributed by atoms with Crippen molar-refractivity contribution in [1.29, 1.82) is 0 Å². The first-order valence-electron chi connectivity index (χ1n) is 7.13. The fourth-order valence-electron chi connectivity index (χ4n) is 2.19. The Hall–Kier alpha value is -1.90. The van der Waals surface area contributed by atoms with E-state index >= 15 is 0 Å². The zero-order chi connectivity index (χ0) is 14.5. The minimum Gasteiger partial charge on any atom is -0.354 e. The molecular weight excluding hydrogens is 288 g/mol. The average molecular weight is 306 g/mol. The number of hydrogen-bond acceptors (Lipinski definition) is 8. The first kappa shape index (κ1) is 14.1. The molecule has 3 rings (SSSR count). The number of nitrogens with one attached hydrogen (secondary N) is 2. The van der Waals surface area contributed by atoms with Crippen molar-refractivity contribution in [2.75, 3.05) is 29.9 Å². The lowest BCUT2D eigenvalue weighted by Gasteiger charge is -2.26. The number of hydrogen-bond donors (Lipinski definition) is 2. The zero-order valence-corrected chi connectivity index (χ0v) is 12.7. The highest BCUT2D eigenvalue weighted by Gasteiger charge is 2.17. The highest BCUT2D eigenvalue weighted by atomic mass is 32.2. The predicted molar refractivity (Wildman–Crippen MR) is 80.6 cm³/mol. The van der Waals surface area contributed by atoms with Gasteiger partial charge in [-0.05, 0) is 37.9 Å². The number of H-pyrrole nitrogens is 1. The van der Waals surface area contributed by atoms with Crippen LogP contribution in [0.4, 0.5) is 11.9 Å². The van der Waals surface area contributed by atoms with E-state index in [1.165, 1.54) is 37.4 Å². The van der Waals surface area contributed by atoms with Crippen LogP contribution < -0.4 is 10.2 Å². The van der Waals surface area contributed by atoms with Gasteiger partial charge in [0.2, 0.25) is 17.1 Å². The van der Waals surface area contributed by atoms with E-state index in [0.717, 1.165) is 25.6 Å².